The van der Waals surface area contributed by atoms with Gasteiger partial charge < -0.3 is 20.3 Å². The molecule has 0 aromatic heterocycles. The summed E-state index contributed by atoms with van der Waals surface area (Å²) in [6.45, 7) is 1.78. The molecule has 0 saturated heterocycles. The van der Waals surface area contributed by atoms with Crippen molar-refractivity contribution in [2.75, 3.05) is 11.9 Å². The molecule has 2 N–H and O–H groups in total. The number of phenols is 1. The van der Waals surface area contributed by atoms with Crippen molar-refractivity contribution >= 4 is 11.7 Å². The molecule has 0 radical (unpaired) electrons. The number of carboxylic acids is 1. The molecule has 0 fully saturated rings. The van der Waals surface area contributed by atoms with Gasteiger partial charge in [-0.2, -0.15) is 0 Å². The largest absolute Gasteiger partial charge is 0.550 e. The van der Waals surface area contributed by atoms with Crippen LogP contribution in [0, 0.1) is 5.92 Å². The number of para-hydroxylation sites is 2. The van der Waals surface area contributed by atoms with Crippen LogP contribution in [0.2, 0.25) is 0 Å². The molecule has 0 saturated carbocycles. The van der Waals surface area contributed by atoms with E-state index in [0.29, 0.717) is 5.69 Å². The summed E-state index contributed by atoms with van der Waals surface area (Å²) in [6, 6.07) is 6.66. The lowest BCUT2D eigenvalue weighted by Gasteiger charge is -2.14. The Morgan fingerprint density at radius 1 is 1.57 bits per heavy atom. The Bertz CT molecular complexity index is 325. The van der Waals surface area contributed by atoms with Crippen molar-refractivity contribution < 1.29 is 15.0 Å². The Kier molecular flexibility index (Phi) is 3.34. The van der Waals surface area contributed by atoms with E-state index in [1.807, 2.05) is 0 Å². The number of anilines is 1. The molecular formula is C10H12NO3-. The van der Waals surface area contributed by atoms with Gasteiger partial charge in [0.2, 0.25) is 0 Å². The SMILES string of the molecule is C[C@H](CNc1ccccc1O)C(=O)[O-]. The Balaban J connectivity index is 2.54. The predicted octanol–water partition coefficient (Wildman–Crippen LogP) is 0.190. The molecule has 0 aliphatic rings. The average Bonchev–Trinajstić information content (AvgIpc) is 2.16. The molecule has 0 heterocycles. The minimum atomic E-state index is -1.10. The quantitative estimate of drug-likeness (QED) is 0.671. The summed E-state index contributed by atoms with van der Waals surface area (Å²) in [5.41, 5.74) is 0.528. The van der Waals surface area contributed by atoms with Crippen LogP contribution in [0.25, 0.3) is 0 Å². The summed E-state index contributed by atoms with van der Waals surface area (Å²) < 4.78 is 0. The maximum absolute atomic E-state index is 10.4. The monoisotopic (exact) mass is 194 g/mol. The van der Waals surface area contributed by atoms with Crippen LogP contribution in [-0.4, -0.2) is 17.6 Å². The van der Waals surface area contributed by atoms with Crippen LogP contribution < -0.4 is 10.4 Å². The third-order valence-electron chi connectivity index (χ3n) is 1.91. The zero-order chi connectivity index (χ0) is 10.6. The summed E-state index contributed by atoms with van der Waals surface area (Å²) in [6.07, 6.45) is 0. The number of carbonyl (C=O) groups excluding carboxylic acids is 1. The number of benzene rings is 1. The predicted molar refractivity (Wildman–Crippen MR) is 50.8 cm³/mol. The van der Waals surface area contributed by atoms with Gasteiger partial charge in [0.25, 0.3) is 0 Å². The van der Waals surface area contributed by atoms with Gasteiger partial charge in [-0.1, -0.05) is 19.1 Å². The van der Waals surface area contributed by atoms with Crippen molar-refractivity contribution in [1.29, 1.82) is 0 Å². The van der Waals surface area contributed by atoms with Crippen molar-refractivity contribution in [3.05, 3.63) is 24.3 Å². The highest BCUT2D eigenvalue weighted by atomic mass is 16.4. The van der Waals surface area contributed by atoms with Crippen LogP contribution in [0.4, 0.5) is 5.69 Å². The molecule has 1 rings (SSSR count). The van der Waals surface area contributed by atoms with Gasteiger partial charge in [0, 0.05) is 18.4 Å². The van der Waals surface area contributed by atoms with Crippen molar-refractivity contribution in [1.82, 2.24) is 0 Å². The van der Waals surface area contributed by atoms with Crippen LogP contribution in [-0.2, 0) is 4.79 Å². The topological polar surface area (TPSA) is 72.4 Å². The first-order chi connectivity index (χ1) is 6.61. The Morgan fingerprint density at radius 2 is 2.21 bits per heavy atom. The number of hydrogen-bond acceptors (Lipinski definition) is 4. The molecule has 1 aromatic carbocycles. The summed E-state index contributed by atoms with van der Waals surface area (Å²) in [5.74, 6) is -1.58. The van der Waals surface area contributed by atoms with E-state index >= 15 is 0 Å². The molecule has 0 bridgehead atoms. The van der Waals surface area contributed by atoms with Gasteiger partial charge in [-0.25, -0.2) is 0 Å². The molecule has 4 nitrogen and oxygen atoms in total. The van der Waals surface area contributed by atoms with E-state index in [1.165, 1.54) is 6.07 Å². The van der Waals surface area contributed by atoms with Gasteiger partial charge in [0.1, 0.15) is 5.75 Å². The minimum absolute atomic E-state index is 0.109. The van der Waals surface area contributed by atoms with Crippen molar-refractivity contribution in [3.63, 3.8) is 0 Å². The lowest BCUT2D eigenvalue weighted by Crippen LogP contribution is -2.33. The molecule has 14 heavy (non-hydrogen) atoms. The smallest absolute Gasteiger partial charge is 0.138 e. The summed E-state index contributed by atoms with van der Waals surface area (Å²) in [7, 11) is 0. The van der Waals surface area contributed by atoms with Crippen LogP contribution in [0.15, 0.2) is 24.3 Å². The maximum Gasteiger partial charge on any atom is 0.138 e. The second-order valence-corrected chi connectivity index (χ2v) is 3.12. The third-order valence-corrected chi connectivity index (χ3v) is 1.91. The van der Waals surface area contributed by atoms with Gasteiger partial charge in [-0.05, 0) is 12.1 Å². The van der Waals surface area contributed by atoms with Crippen molar-refractivity contribution in [2.45, 2.75) is 6.92 Å². The van der Waals surface area contributed by atoms with E-state index in [2.05, 4.69) is 5.32 Å². The van der Waals surface area contributed by atoms with E-state index in [1.54, 1.807) is 25.1 Å². The normalized spacial score (nSPS) is 12.1. The molecule has 0 amide bonds. The molecule has 0 unspecified atom stereocenters. The first-order valence-corrected chi connectivity index (χ1v) is 4.34. The number of carboxylic acid groups (broad SMARTS) is 1. The lowest BCUT2D eigenvalue weighted by molar-refractivity contribution is -0.310. The van der Waals surface area contributed by atoms with E-state index in [4.69, 9.17) is 0 Å². The lowest BCUT2D eigenvalue weighted by atomic mass is 10.2. The molecule has 0 aliphatic carbocycles. The first-order valence-electron chi connectivity index (χ1n) is 4.34. The average molecular weight is 194 g/mol. The zero-order valence-electron chi connectivity index (χ0n) is 7.86. The Labute approximate surface area is 82.2 Å². The van der Waals surface area contributed by atoms with Crippen LogP contribution in [0.5, 0.6) is 5.75 Å². The fraction of sp³-hybridized carbons (Fsp3) is 0.300. The van der Waals surface area contributed by atoms with E-state index in [9.17, 15) is 15.0 Å². The van der Waals surface area contributed by atoms with Crippen LogP contribution in [0.1, 0.15) is 6.92 Å². The summed E-state index contributed by atoms with van der Waals surface area (Å²) in [5, 5.41) is 22.6. The second kappa shape index (κ2) is 4.50. The molecule has 1 atom stereocenters. The van der Waals surface area contributed by atoms with Gasteiger partial charge in [-0.15, -0.1) is 0 Å². The molecule has 0 aliphatic heterocycles. The molecule has 0 spiro atoms. The van der Waals surface area contributed by atoms with E-state index in [-0.39, 0.29) is 12.3 Å². The fourth-order valence-corrected chi connectivity index (χ4v) is 0.970. The van der Waals surface area contributed by atoms with Gasteiger partial charge in [-0.3, -0.25) is 0 Å². The standard InChI is InChI=1S/C10H13NO3/c1-7(10(13)14)6-11-8-4-2-3-5-9(8)12/h2-5,7,11-12H,6H2,1H3,(H,13,14)/p-1/t7-/m1/s1. The molecule has 1 aromatic rings. The number of aliphatic carboxylic acids is 1. The first kappa shape index (κ1) is 10.4. The van der Waals surface area contributed by atoms with Crippen LogP contribution >= 0.6 is 0 Å². The Morgan fingerprint density at radius 3 is 2.79 bits per heavy atom. The highest BCUT2D eigenvalue weighted by Gasteiger charge is 2.03. The number of aromatic hydroxyl groups is 1. The third kappa shape index (κ3) is 2.65. The number of phenolic OH excluding ortho intramolecular Hbond substituents is 1. The number of nitrogens with one attached hydrogen (secondary N) is 1. The molecule has 76 valence electrons. The zero-order valence-corrected chi connectivity index (χ0v) is 7.86. The van der Waals surface area contributed by atoms with Crippen LogP contribution in [0.3, 0.4) is 0 Å². The number of rotatable bonds is 4. The molecule has 4 heteroatoms. The maximum atomic E-state index is 10.4. The van der Waals surface area contributed by atoms with Gasteiger partial charge >= 0.3 is 0 Å². The second-order valence-electron chi connectivity index (χ2n) is 3.12. The van der Waals surface area contributed by atoms with Crippen molar-refractivity contribution in [3.8, 4) is 5.75 Å². The van der Waals surface area contributed by atoms with E-state index in [0.717, 1.165) is 0 Å². The number of hydrogen-bond donors (Lipinski definition) is 2. The fourth-order valence-electron chi connectivity index (χ4n) is 0.970. The van der Waals surface area contributed by atoms with Gasteiger partial charge in [0.15, 0.2) is 0 Å². The number of carbonyl (C=O) groups is 1. The molecular weight excluding hydrogens is 182 g/mol. The Hall–Kier alpha value is -1.71. The van der Waals surface area contributed by atoms with E-state index < -0.39 is 11.9 Å². The highest BCUT2D eigenvalue weighted by molar-refractivity contribution is 5.68. The van der Waals surface area contributed by atoms with Gasteiger partial charge in [0.05, 0.1) is 5.69 Å². The minimum Gasteiger partial charge on any atom is -0.550 e. The summed E-state index contributed by atoms with van der Waals surface area (Å²) >= 11 is 0. The van der Waals surface area contributed by atoms with Crippen molar-refractivity contribution in [2.24, 2.45) is 5.92 Å². The summed E-state index contributed by atoms with van der Waals surface area (Å²) in [4.78, 5) is 10.4. The highest BCUT2D eigenvalue weighted by Crippen LogP contribution is 2.21.